The van der Waals surface area contributed by atoms with Crippen molar-refractivity contribution in [3.05, 3.63) is 78.4 Å². The lowest BCUT2D eigenvalue weighted by atomic mass is 10.2. The maximum Gasteiger partial charge on any atom is 0.261 e. The molecule has 30 heavy (non-hydrogen) atoms. The molecular weight excluding hydrogens is 420 g/mol. The smallest absolute Gasteiger partial charge is 0.261 e. The molecular formula is C22H22N2O4S2. The van der Waals surface area contributed by atoms with E-state index in [2.05, 4.69) is 10.0 Å². The lowest BCUT2D eigenvalue weighted by molar-refractivity contribution is 0.102. The fourth-order valence-corrected chi connectivity index (χ4v) is 4.17. The Bertz CT molecular complexity index is 1110. The van der Waals surface area contributed by atoms with Crippen molar-refractivity contribution in [2.75, 3.05) is 22.9 Å². The molecule has 0 saturated heterocycles. The molecule has 3 aromatic rings. The Hall–Kier alpha value is -2.97. The second-order valence-corrected chi connectivity index (χ2v) is 8.80. The number of anilines is 2. The van der Waals surface area contributed by atoms with E-state index in [9.17, 15) is 13.2 Å². The highest BCUT2D eigenvalue weighted by atomic mass is 32.2. The normalized spacial score (nSPS) is 11.0. The van der Waals surface area contributed by atoms with Crippen molar-refractivity contribution >= 4 is 39.1 Å². The van der Waals surface area contributed by atoms with Crippen molar-refractivity contribution in [2.45, 2.75) is 16.7 Å². The molecule has 6 nitrogen and oxygen atoms in total. The molecule has 0 bridgehead atoms. The molecule has 0 heterocycles. The quantitative estimate of drug-likeness (QED) is 0.487. The Kier molecular flexibility index (Phi) is 7.02. The van der Waals surface area contributed by atoms with E-state index < -0.39 is 10.0 Å². The molecule has 2 N–H and O–H groups in total. The molecule has 0 atom stereocenters. The van der Waals surface area contributed by atoms with Gasteiger partial charge in [0.25, 0.3) is 15.9 Å². The number of rotatable bonds is 8. The minimum absolute atomic E-state index is 0.176. The molecule has 156 valence electrons. The van der Waals surface area contributed by atoms with E-state index in [1.807, 2.05) is 25.3 Å². The van der Waals surface area contributed by atoms with E-state index in [1.165, 1.54) is 11.8 Å². The van der Waals surface area contributed by atoms with Crippen LogP contribution >= 0.6 is 11.8 Å². The monoisotopic (exact) mass is 442 g/mol. The molecule has 0 aliphatic carbocycles. The average Bonchev–Trinajstić information content (AvgIpc) is 2.75. The van der Waals surface area contributed by atoms with E-state index >= 15 is 0 Å². The van der Waals surface area contributed by atoms with Gasteiger partial charge in [-0.2, -0.15) is 0 Å². The Morgan fingerprint density at radius 3 is 2.27 bits per heavy atom. The van der Waals surface area contributed by atoms with Crippen LogP contribution in [0.5, 0.6) is 5.75 Å². The summed E-state index contributed by atoms with van der Waals surface area (Å²) in [5.74, 6) is 0.273. The Balaban J connectivity index is 1.70. The first-order chi connectivity index (χ1) is 14.4. The van der Waals surface area contributed by atoms with Crippen molar-refractivity contribution in [2.24, 2.45) is 0 Å². The summed E-state index contributed by atoms with van der Waals surface area (Å²) in [6, 6.07) is 20.0. The zero-order chi connectivity index (χ0) is 21.6. The van der Waals surface area contributed by atoms with Gasteiger partial charge in [-0.3, -0.25) is 9.52 Å². The van der Waals surface area contributed by atoms with Gasteiger partial charge in [-0.15, -0.1) is 11.8 Å². The summed E-state index contributed by atoms with van der Waals surface area (Å²) in [4.78, 5) is 13.7. The van der Waals surface area contributed by atoms with Crippen LogP contribution in [0.1, 0.15) is 17.3 Å². The first kappa shape index (κ1) is 21.7. The van der Waals surface area contributed by atoms with E-state index in [0.717, 1.165) is 4.90 Å². The highest BCUT2D eigenvalue weighted by Crippen LogP contribution is 2.25. The van der Waals surface area contributed by atoms with E-state index in [1.54, 1.807) is 60.7 Å². The molecule has 0 aliphatic heterocycles. The molecule has 0 radical (unpaired) electrons. The number of hydrogen-bond donors (Lipinski definition) is 2. The summed E-state index contributed by atoms with van der Waals surface area (Å²) in [6.07, 6.45) is 1.93. The maximum absolute atomic E-state index is 12.5. The van der Waals surface area contributed by atoms with Crippen LogP contribution in [0.2, 0.25) is 0 Å². The molecule has 1 amide bonds. The van der Waals surface area contributed by atoms with Gasteiger partial charge in [0.1, 0.15) is 5.75 Å². The Labute approximate surface area is 180 Å². The van der Waals surface area contributed by atoms with Gasteiger partial charge in [-0.05, 0) is 73.8 Å². The summed E-state index contributed by atoms with van der Waals surface area (Å²) in [6.45, 7) is 2.36. The van der Waals surface area contributed by atoms with Crippen LogP contribution in [0.4, 0.5) is 11.4 Å². The van der Waals surface area contributed by atoms with E-state index in [0.29, 0.717) is 29.3 Å². The maximum atomic E-state index is 12.5. The number of benzene rings is 3. The standard InChI is InChI=1S/C22H22N2O4S2/c1-3-28-21-7-5-4-6-20(21)23-22(25)16-8-10-17(11-9-16)24-30(26,27)19-14-12-18(29-2)13-15-19/h4-15,24H,3H2,1-2H3,(H,23,25). The average molecular weight is 443 g/mol. The van der Waals surface area contributed by atoms with Gasteiger partial charge in [0.05, 0.1) is 17.2 Å². The second kappa shape index (κ2) is 9.69. The van der Waals surface area contributed by atoms with Crippen molar-refractivity contribution in [3.8, 4) is 5.75 Å². The van der Waals surface area contributed by atoms with E-state index in [-0.39, 0.29) is 10.8 Å². The molecule has 3 aromatic carbocycles. The van der Waals surface area contributed by atoms with Gasteiger partial charge in [0, 0.05) is 16.1 Å². The minimum atomic E-state index is -3.71. The summed E-state index contributed by atoms with van der Waals surface area (Å²) < 4.78 is 33.1. The first-order valence-electron chi connectivity index (χ1n) is 9.23. The largest absolute Gasteiger partial charge is 0.492 e. The predicted octanol–water partition coefficient (Wildman–Crippen LogP) is 4.86. The van der Waals surface area contributed by atoms with Crippen LogP contribution in [0.3, 0.4) is 0 Å². The third-order valence-electron chi connectivity index (χ3n) is 4.20. The van der Waals surface area contributed by atoms with E-state index in [4.69, 9.17) is 4.74 Å². The molecule has 0 saturated carbocycles. The highest BCUT2D eigenvalue weighted by molar-refractivity contribution is 7.98. The van der Waals surface area contributed by atoms with Crippen LogP contribution in [0, 0.1) is 0 Å². The summed E-state index contributed by atoms with van der Waals surface area (Å²) in [5.41, 5.74) is 1.34. The van der Waals surface area contributed by atoms with Crippen molar-refractivity contribution < 1.29 is 17.9 Å². The first-order valence-corrected chi connectivity index (χ1v) is 11.9. The van der Waals surface area contributed by atoms with Crippen molar-refractivity contribution in [3.63, 3.8) is 0 Å². The molecule has 0 aliphatic rings. The molecule has 0 fully saturated rings. The number of carbonyl (C=O) groups excluding carboxylic acids is 1. The van der Waals surface area contributed by atoms with Crippen LogP contribution in [0.15, 0.2) is 82.6 Å². The zero-order valence-corrected chi connectivity index (χ0v) is 18.2. The van der Waals surface area contributed by atoms with Crippen LogP contribution in [0.25, 0.3) is 0 Å². The van der Waals surface area contributed by atoms with Gasteiger partial charge in [0.2, 0.25) is 0 Å². The number of carbonyl (C=O) groups is 1. The van der Waals surface area contributed by atoms with Crippen LogP contribution in [-0.4, -0.2) is 27.2 Å². The number of para-hydroxylation sites is 2. The fourth-order valence-electron chi connectivity index (χ4n) is 2.70. The van der Waals surface area contributed by atoms with Crippen molar-refractivity contribution in [1.29, 1.82) is 0 Å². The molecule has 3 rings (SSSR count). The number of sulfonamides is 1. The second-order valence-electron chi connectivity index (χ2n) is 6.24. The molecule has 0 spiro atoms. The lowest BCUT2D eigenvalue weighted by Crippen LogP contribution is -2.14. The highest BCUT2D eigenvalue weighted by Gasteiger charge is 2.15. The summed E-state index contributed by atoms with van der Waals surface area (Å²) in [5, 5.41) is 2.81. The topological polar surface area (TPSA) is 84.5 Å². The minimum Gasteiger partial charge on any atom is -0.492 e. The summed E-state index contributed by atoms with van der Waals surface area (Å²) in [7, 11) is -3.71. The number of ether oxygens (including phenoxy) is 1. The Morgan fingerprint density at radius 1 is 0.967 bits per heavy atom. The van der Waals surface area contributed by atoms with Crippen LogP contribution in [-0.2, 0) is 10.0 Å². The van der Waals surface area contributed by atoms with Gasteiger partial charge in [-0.1, -0.05) is 12.1 Å². The number of hydrogen-bond acceptors (Lipinski definition) is 5. The molecule has 0 aromatic heterocycles. The fraction of sp³-hybridized carbons (Fsp3) is 0.136. The van der Waals surface area contributed by atoms with Crippen molar-refractivity contribution in [1.82, 2.24) is 0 Å². The number of thioether (sulfide) groups is 1. The Morgan fingerprint density at radius 2 is 1.63 bits per heavy atom. The third-order valence-corrected chi connectivity index (χ3v) is 6.34. The van der Waals surface area contributed by atoms with Gasteiger partial charge in [-0.25, -0.2) is 8.42 Å². The van der Waals surface area contributed by atoms with Gasteiger partial charge < -0.3 is 10.1 Å². The SMILES string of the molecule is CCOc1ccccc1NC(=O)c1ccc(NS(=O)(=O)c2ccc(SC)cc2)cc1. The lowest BCUT2D eigenvalue weighted by Gasteiger charge is -2.12. The van der Waals surface area contributed by atoms with Gasteiger partial charge in [0.15, 0.2) is 0 Å². The zero-order valence-electron chi connectivity index (χ0n) is 16.6. The number of nitrogens with one attached hydrogen (secondary N) is 2. The molecule has 0 unspecified atom stereocenters. The predicted molar refractivity (Wildman–Crippen MR) is 121 cm³/mol. The van der Waals surface area contributed by atoms with Crippen LogP contribution < -0.4 is 14.8 Å². The summed E-state index contributed by atoms with van der Waals surface area (Å²) >= 11 is 1.54. The molecule has 8 heteroatoms. The van der Waals surface area contributed by atoms with Gasteiger partial charge >= 0.3 is 0 Å². The third kappa shape index (κ3) is 5.34. The number of amides is 1.